The van der Waals surface area contributed by atoms with Crippen LogP contribution < -0.4 is 10.1 Å². The molecule has 0 aliphatic carbocycles. The highest BCUT2D eigenvalue weighted by Gasteiger charge is 2.05. The summed E-state index contributed by atoms with van der Waals surface area (Å²) in [6, 6.07) is 8.40. The van der Waals surface area contributed by atoms with Gasteiger partial charge in [0.05, 0.1) is 12.4 Å². The lowest BCUT2D eigenvalue weighted by atomic mass is 10.1. The largest absolute Gasteiger partial charge is 0.454 e. The highest BCUT2D eigenvalue weighted by molar-refractivity contribution is 5.33. The predicted molar refractivity (Wildman–Crippen MR) is 71.9 cm³/mol. The molecular weight excluding hydrogens is 226 g/mol. The standard InChI is InChI=1S/C14H19N3O/c1-4-17-10-14(9-16-17)18-13-7-5-6-12(8-13)11(2)15-3/h5-11,15H,4H2,1-3H3. The van der Waals surface area contributed by atoms with E-state index in [0.29, 0.717) is 6.04 Å². The topological polar surface area (TPSA) is 39.1 Å². The lowest BCUT2D eigenvalue weighted by Crippen LogP contribution is -2.11. The third-order valence-electron chi connectivity index (χ3n) is 2.96. The van der Waals surface area contributed by atoms with Gasteiger partial charge in [0.2, 0.25) is 0 Å². The molecule has 0 saturated heterocycles. The van der Waals surface area contributed by atoms with E-state index in [4.69, 9.17) is 4.74 Å². The molecule has 0 aliphatic heterocycles. The van der Waals surface area contributed by atoms with Crippen LogP contribution in [0.1, 0.15) is 25.5 Å². The van der Waals surface area contributed by atoms with Gasteiger partial charge < -0.3 is 10.1 Å². The maximum absolute atomic E-state index is 5.79. The van der Waals surface area contributed by atoms with Crippen molar-refractivity contribution in [2.45, 2.75) is 26.4 Å². The fraction of sp³-hybridized carbons (Fsp3) is 0.357. The summed E-state index contributed by atoms with van der Waals surface area (Å²) in [5.41, 5.74) is 1.21. The highest BCUT2D eigenvalue weighted by Crippen LogP contribution is 2.24. The minimum atomic E-state index is 0.312. The zero-order chi connectivity index (χ0) is 13.0. The van der Waals surface area contributed by atoms with Crippen molar-refractivity contribution in [2.24, 2.45) is 0 Å². The van der Waals surface area contributed by atoms with Crippen molar-refractivity contribution in [1.29, 1.82) is 0 Å². The number of hydrogen-bond donors (Lipinski definition) is 1. The molecule has 0 saturated carbocycles. The summed E-state index contributed by atoms with van der Waals surface area (Å²) in [5.74, 6) is 1.61. The molecule has 1 aromatic carbocycles. The Hall–Kier alpha value is -1.81. The van der Waals surface area contributed by atoms with Crippen molar-refractivity contribution < 1.29 is 4.74 Å². The number of nitrogens with one attached hydrogen (secondary N) is 1. The first-order valence-electron chi connectivity index (χ1n) is 6.20. The molecule has 2 rings (SSSR count). The lowest BCUT2D eigenvalue weighted by molar-refractivity contribution is 0.479. The van der Waals surface area contributed by atoms with E-state index in [9.17, 15) is 0 Å². The van der Waals surface area contributed by atoms with E-state index < -0.39 is 0 Å². The first kappa shape index (κ1) is 12.6. The van der Waals surface area contributed by atoms with Gasteiger partial charge >= 0.3 is 0 Å². The second kappa shape index (κ2) is 5.69. The average molecular weight is 245 g/mol. The van der Waals surface area contributed by atoms with Crippen LogP contribution in [0.3, 0.4) is 0 Å². The first-order chi connectivity index (χ1) is 8.72. The van der Waals surface area contributed by atoms with Crippen LogP contribution in [-0.2, 0) is 6.54 Å². The zero-order valence-electron chi connectivity index (χ0n) is 11.1. The Kier molecular flexibility index (Phi) is 3.99. The first-order valence-corrected chi connectivity index (χ1v) is 6.20. The van der Waals surface area contributed by atoms with Crippen molar-refractivity contribution in [3.63, 3.8) is 0 Å². The van der Waals surface area contributed by atoms with Crippen molar-refractivity contribution in [1.82, 2.24) is 15.1 Å². The van der Waals surface area contributed by atoms with Gasteiger partial charge in [0.1, 0.15) is 5.75 Å². The summed E-state index contributed by atoms with van der Waals surface area (Å²) in [6.45, 7) is 5.01. The second-order valence-electron chi connectivity index (χ2n) is 4.22. The fourth-order valence-corrected chi connectivity index (χ4v) is 1.72. The molecular formula is C14H19N3O. The summed E-state index contributed by atoms with van der Waals surface area (Å²) >= 11 is 0. The monoisotopic (exact) mass is 245 g/mol. The van der Waals surface area contributed by atoms with Crippen LogP contribution in [0.4, 0.5) is 0 Å². The van der Waals surface area contributed by atoms with E-state index in [0.717, 1.165) is 18.0 Å². The van der Waals surface area contributed by atoms with Gasteiger partial charge in [-0.2, -0.15) is 5.10 Å². The van der Waals surface area contributed by atoms with Crippen molar-refractivity contribution in [3.05, 3.63) is 42.2 Å². The molecule has 18 heavy (non-hydrogen) atoms. The maximum atomic E-state index is 5.79. The number of nitrogens with zero attached hydrogens (tertiary/aromatic N) is 2. The van der Waals surface area contributed by atoms with E-state index in [-0.39, 0.29) is 0 Å². The molecule has 1 aromatic heterocycles. The van der Waals surface area contributed by atoms with Crippen LogP contribution >= 0.6 is 0 Å². The molecule has 1 atom stereocenters. The van der Waals surface area contributed by atoms with E-state index in [2.05, 4.69) is 23.4 Å². The third kappa shape index (κ3) is 2.90. The summed E-state index contributed by atoms with van der Waals surface area (Å²) in [4.78, 5) is 0. The van der Waals surface area contributed by atoms with Crippen molar-refractivity contribution in [2.75, 3.05) is 7.05 Å². The van der Waals surface area contributed by atoms with E-state index >= 15 is 0 Å². The molecule has 0 radical (unpaired) electrons. The number of hydrogen-bond acceptors (Lipinski definition) is 3. The van der Waals surface area contributed by atoms with Gasteiger partial charge in [-0.25, -0.2) is 0 Å². The molecule has 1 unspecified atom stereocenters. The lowest BCUT2D eigenvalue weighted by Gasteiger charge is -2.11. The van der Waals surface area contributed by atoms with Gasteiger partial charge in [-0.3, -0.25) is 4.68 Å². The molecule has 4 heteroatoms. The summed E-state index contributed by atoms with van der Waals surface area (Å²) in [5, 5.41) is 7.40. The van der Waals surface area contributed by atoms with Crippen molar-refractivity contribution >= 4 is 0 Å². The Morgan fingerprint density at radius 2 is 2.22 bits per heavy atom. The SMILES string of the molecule is CCn1cc(Oc2cccc(C(C)NC)c2)cn1. The van der Waals surface area contributed by atoms with Crippen LogP contribution in [0.5, 0.6) is 11.5 Å². The number of aryl methyl sites for hydroxylation is 1. The van der Waals surface area contributed by atoms with Crippen molar-refractivity contribution in [3.8, 4) is 11.5 Å². The molecule has 0 aliphatic rings. The molecule has 2 aromatic rings. The van der Waals surface area contributed by atoms with Crippen LogP contribution in [0.2, 0.25) is 0 Å². The number of aromatic nitrogens is 2. The van der Waals surface area contributed by atoms with Gasteiger partial charge in [-0.15, -0.1) is 0 Å². The Morgan fingerprint density at radius 1 is 1.39 bits per heavy atom. The zero-order valence-corrected chi connectivity index (χ0v) is 11.1. The Labute approximate surface area is 108 Å². The second-order valence-corrected chi connectivity index (χ2v) is 4.22. The van der Waals surface area contributed by atoms with Crippen LogP contribution in [0.15, 0.2) is 36.7 Å². The van der Waals surface area contributed by atoms with Crippen LogP contribution in [0, 0.1) is 0 Å². The summed E-state index contributed by atoms with van der Waals surface area (Å²) in [6.07, 6.45) is 3.63. The van der Waals surface area contributed by atoms with E-state index in [1.165, 1.54) is 5.56 Å². The number of rotatable bonds is 5. The Balaban J connectivity index is 2.13. The molecule has 0 bridgehead atoms. The number of ether oxygens (including phenoxy) is 1. The summed E-state index contributed by atoms with van der Waals surface area (Å²) in [7, 11) is 1.95. The summed E-state index contributed by atoms with van der Waals surface area (Å²) < 4.78 is 7.63. The molecule has 0 fully saturated rings. The third-order valence-corrected chi connectivity index (χ3v) is 2.96. The quantitative estimate of drug-likeness (QED) is 0.880. The average Bonchev–Trinajstić information content (AvgIpc) is 2.86. The maximum Gasteiger partial charge on any atom is 0.165 e. The smallest absolute Gasteiger partial charge is 0.165 e. The normalized spacial score (nSPS) is 12.4. The highest BCUT2D eigenvalue weighted by atomic mass is 16.5. The van der Waals surface area contributed by atoms with Crippen LogP contribution in [0.25, 0.3) is 0 Å². The Bertz CT molecular complexity index is 507. The van der Waals surface area contributed by atoms with E-state index in [1.54, 1.807) is 6.20 Å². The van der Waals surface area contributed by atoms with Gasteiger partial charge in [0.15, 0.2) is 5.75 Å². The Morgan fingerprint density at radius 3 is 2.89 bits per heavy atom. The van der Waals surface area contributed by atoms with Gasteiger partial charge in [0.25, 0.3) is 0 Å². The minimum Gasteiger partial charge on any atom is -0.454 e. The molecule has 0 amide bonds. The molecule has 4 nitrogen and oxygen atoms in total. The fourth-order valence-electron chi connectivity index (χ4n) is 1.72. The molecule has 0 spiro atoms. The minimum absolute atomic E-state index is 0.312. The van der Waals surface area contributed by atoms with E-state index in [1.807, 2.05) is 43.0 Å². The number of benzene rings is 1. The molecule has 1 heterocycles. The van der Waals surface area contributed by atoms with Gasteiger partial charge in [-0.1, -0.05) is 12.1 Å². The molecule has 96 valence electrons. The van der Waals surface area contributed by atoms with Gasteiger partial charge in [-0.05, 0) is 38.6 Å². The predicted octanol–water partition coefficient (Wildman–Crippen LogP) is 2.98. The van der Waals surface area contributed by atoms with Gasteiger partial charge in [0, 0.05) is 12.6 Å². The van der Waals surface area contributed by atoms with Crippen LogP contribution in [-0.4, -0.2) is 16.8 Å². The molecule has 1 N–H and O–H groups in total.